The van der Waals surface area contributed by atoms with E-state index < -0.39 is 0 Å². The lowest BCUT2D eigenvalue weighted by molar-refractivity contribution is 0.663. The number of hydrogen-bond donors (Lipinski definition) is 0. The minimum Gasteiger partial charge on any atom is -0.252 e. The fraction of sp³-hybridized carbons (Fsp3) is 0.308. The smallest absolute Gasteiger partial charge is 0.181 e. The molecule has 2 aromatic rings. The van der Waals surface area contributed by atoms with Gasteiger partial charge in [-0.25, -0.2) is 9.97 Å². The summed E-state index contributed by atoms with van der Waals surface area (Å²) in [6.07, 6.45) is 6.04. The van der Waals surface area contributed by atoms with Crippen LogP contribution in [-0.4, -0.2) is 15.0 Å². The second-order valence-corrected chi connectivity index (χ2v) is 5.52. The average molecular weight is 325 g/mol. The minimum atomic E-state index is 0.576. The molecule has 2 heterocycles. The van der Waals surface area contributed by atoms with Gasteiger partial charge in [-0.05, 0) is 53.7 Å². The Morgan fingerprint density at radius 3 is 2.83 bits per heavy atom. The highest BCUT2D eigenvalue weighted by Crippen LogP contribution is 2.29. The Bertz CT molecular complexity index is 601. The molecule has 18 heavy (non-hydrogen) atoms. The lowest BCUT2D eigenvalue weighted by atomic mass is 9.97. The molecule has 1 aliphatic carbocycles. The van der Waals surface area contributed by atoms with Gasteiger partial charge in [-0.15, -0.1) is 0 Å². The molecule has 0 bridgehead atoms. The number of aryl methyl sites for hydroxylation is 1. The van der Waals surface area contributed by atoms with Gasteiger partial charge in [0.2, 0.25) is 0 Å². The first-order valence-electron chi connectivity index (χ1n) is 5.92. The Balaban J connectivity index is 2.14. The fourth-order valence-electron chi connectivity index (χ4n) is 2.20. The zero-order valence-electron chi connectivity index (χ0n) is 9.66. The van der Waals surface area contributed by atoms with Crippen LogP contribution in [0.4, 0.5) is 0 Å². The summed E-state index contributed by atoms with van der Waals surface area (Å²) < 4.78 is 0.886. The number of pyridine rings is 1. The van der Waals surface area contributed by atoms with Gasteiger partial charge >= 0.3 is 0 Å². The van der Waals surface area contributed by atoms with Crippen LogP contribution in [0.1, 0.15) is 24.1 Å². The van der Waals surface area contributed by atoms with E-state index in [0.717, 1.165) is 34.3 Å². The van der Waals surface area contributed by atoms with Crippen LogP contribution >= 0.6 is 27.5 Å². The maximum atomic E-state index is 6.26. The van der Waals surface area contributed by atoms with Crippen molar-refractivity contribution < 1.29 is 0 Å². The average Bonchev–Trinajstić information content (AvgIpc) is 2.39. The van der Waals surface area contributed by atoms with Crippen LogP contribution in [0.5, 0.6) is 0 Å². The summed E-state index contributed by atoms with van der Waals surface area (Å²) in [4.78, 5) is 13.3. The van der Waals surface area contributed by atoms with Gasteiger partial charge in [-0.2, -0.15) is 0 Å². The van der Waals surface area contributed by atoms with Crippen molar-refractivity contribution >= 4 is 27.5 Å². The Morgan fingerprint density at radius 1 is 1.17 bits per heavy atom. The molecular formula is C13H11BrClN3. The van der Waals surface area contributed by atoms with Crippen LogP contribution in [0, 0.1) is 0 Å². The first-order valence-corrected chi connectivity index (χ1v) is 7.09. The summed E-state index contributed by atoms with van der Waals surface area (Å²) in [7, 11) is 0. The zero-order valence-corrected chi connectivity index (χ0v) is 12.0. The summed E-state index contributed by atoms with van der Waals surface area (Å²) in [6.45, 7) is 0. The molecule has 1 aliphatic rings. The van der Waals surface area contributed by atoms with E-state index in [0.29, 0.717) is 11.0 Å². The zero-order chi connectivity index (χ0) is 12.5. The molecular weight excluding hydrogens is 314 g/mol. The van der Waals surface area contributed by atoms with Gasteiger partial charge in [0.15, 0.2) is 5.82 Å². The van der Waals surface area contributed by atoms with Gasteiger partial charge in [-0.1, -0.05) is 11.6 Å². The van der Waals surface area contributed by atoms with Gasteiger partial charge < -0.3 is 0 Å². The van der Waals surface area contributed by atoms with Gasteiger partial charge in [0.05, 0.1) is 0 Å². The number of nitrogens with zero attached hydrogens (tertiary/aromatic N) is 3. The molecule has 0 spiro atoms. The quantitative estimate of drug-likeness (QED) is 0.748. The van der Waals surface area contributed by atoms with E-state index in [2.05, 4.69) is 30.9 Å². The molecule has 0 saturated carbocycles. The Kier molecular flexibility index (Phi) is 3.31. The Labute approximate surface area is 119 Å². The van der Waals surface area contributed by atoms with E-state index in [9.17, 15) is 0 Å². The lowest BCUT2D eigenvalue weighted by Gasteiger charge is -2.16. The molecule has 0 fully saturated rings. The van der Waals surface area contributed by atoms with Crippen LogP contribution in [0.2, 0.25) is 5.15 Å². The second kappa shape index (κ2) is 4.94. The Hall–Kier alpha value is -1.00. The molecule has 0 aromatic carbocycles. The first-order chi connectivity index (χ1) is 8.75. The van der Waals surface area contributed by atoms with Crippen molar-refractivity contribution in [1.29, 1.82) is 0 Å². The van der Waals surface area contributed by atoms with Crippen molar-refractivity contribution in [3.8, 4) is 11.5 Å². The van der Waals surface area contributed by atoms with Crippen molar-refractivity contribution in [2.45, 2.75) is 25.7 Å². The van der Waals surface area contributed by atoms with Gasteiger partial charge in [0.1, 0.15) is 10.8 Å². The van der Waals surface area contributed by atoms with E-state index in [-0.39, 0.29) is 0 Å². The summed E-state index contributed by atoms with van der Waals surface area (Å²) >= 11 is 9.72. The highest BCUT2D eigenvalue weighted by Gasteiger charge is 2.18. The number of hydrogen-bond acceptors (Lipinski definition) is 3. The van der Waals surface area contributed by atoms with Crippen molar-refractivity contribution in [2.75, 3.05) is 0 Å². The molecule has 3 rings (SSSR count). The summed E-state index contributed by atoms with van der Waals surface area (Å²) in [5, 5.41) is 0.576. The fourth-order valence-corrected chi connectivity index (χ4v) is 2.92. The molecule has 0 aliphatic heterocycles. The third kappa shape index (κ3) is 2.15. The predicted octanol–water partition coefficient (Wildman–Crippen LogP) is 3.83. The number of rotatable bonds is 1. The van der Waals surface area contributed by atoms with Gasteiger partial charge in [0.25, 0.3) is 0 Å². The normalized spacial score (nSPS) is 14.3. The van der Waals surface area contributed by atoms with Crippen LogP contribution in [0.25, 0.3) is 11.5 Å². The van der Waals surface area contributed by atoms with E-state index in [4.69, 9.17) is 11.6 Å². The van der Waals surface area contributed by atoms with E-state index >= 15 is 0 Å². The predicted molar refractivity (Wildman–Crippen MR) is 74.6 cm³/mol. The van der Waals surface area contributed by atoms with Crippen molar-refractivity contribution in [3.05, 3.63) is 39.2 Å². The summed E-state index contributed by atoms with van der Waals surface area (Å²) in [6, 6.07) is 3.80. The van der Waals surface area contributed by atoms with Crippen LogP contribution in [-0.2, 0) is 12.8 Å². The van der Waals surface area contributed by atoms with Crippen molar-refractivity contribution in [2.24, 2.45) is 0 Å². The third-order valence-corrected chi connectivity index (χ3v) is 4.06. The second-order valence-electron chi connectivity index (χ2n) is 4.30. The molecule has 0 saturated heterocycles. The van der Waals surface area contributed by atoms with Crippen LogP contribution < -0.4 is 0 Å². The monoisotopic (exact) mass is 323 g/mol. The Morgan fingerprint density at radius 2 is 2.00 bits per heavy atom. The molecule has 0 amide bonds. The van der Waals surface area contributed by atoms with E-state index in [1.807, 2.05) is 12.1 Å². The van der Waals surface area contributed by atoms with E-state index in [1.54, 1.807) is 6.20 Å². The minimum absolute atomic E-state index is 0.576. The van der Waals surface area contributed by atoms with Crippen molar-refractivity contribution in [3.63, 3.8) is 0 Å². The molecule has 5 heteroatoms. The molecule has 3 nitrogen and oxygen atoms in total. The highest BCUT2D eigenvalue weighted by atomic mass is 79.9. The number of aromatic nitrogens is 3. The summed E-state index contributed by atoms with van der Waals surface area (Å²) in [5.74, 6) is 0.605. The van der Waals surface area contributed by atoms with Gasteiger partial charge in [0, 0.05) is 21.9 Å². The third-order valence-electron chi connectivity index (χ3n) is 3.10. The highest BCUT2D eigenvalue weighted by molar-refractivity contribution is 9.10. The molecule has 0 radical (unpaired) electrons. The summed E-state index contributed by atoms with van der Waals surface area (Å²) in [5.41, 5.74) is 2.93. The van der Waals surface area contributed by atoms with Gasteiger partial charge in [-0.3, -0.25) is 4.98 Å². The van der Waals surface area contributed by atoms with Crippen molar-refractivity contribution in [1.82, 2.24) is 15.0 Å². The SMILES string of the molecule is Clc1nc(-c2ncccc2Br)nc2c1CCCC2. The number of halogens is 2. The molecule has 2 aromatic heterocycles. The van der Waals surface area contributed by atoms with Crippen LogP contribution in [0.15, 0.2) is 22.8 Å². The number of fused-ring (bicyclic) bond motifs is 1. The molecule has 0 unspecified atom stereocenters. The maximum absolute atomic E-state index is 6.26. The standard InChI is InChI=1S/C13H11BrClN3/c14-9-5-3-7-16-11(9)13-17-10-6-2-1-4-8(10)12(15)18-13/h3,5,7H,1-2,4,6H2. The first kappa shape index (κ1) is 12.1. The maximum Gasteiger partial charge on any atom is 0.181 e. The lowest BCUT2D eigenvalue weighted by Crippen LogP contribution is -2.09. The van der Waals surface area contributed by atoms with E-state index in [1.165, 1.54) is 12.8 Å². The largest absolute Gasteiger partial charge is 0.252 e. The molecule has 92 valence electrons. The topological polar surface area (TPSA) is 38.7 Å². The van der Waals surface area contributed by atoms with Crippen LogP contribution in [0.3, 0.4) is 0 Å². The molecule has 0 atom stereocenters. The molecule has 0 N–H and O–H groups in total.